The van der Waals surface area contributed by atoms with Crippen LogP contribution < -0.4 is 0 Å². The maximum atomic E-state index is 13.7. The Hall–Kier alpha value is -2.22. The van der Waals surface area contributed by atoms with Crippen LogP contribution in [0.15, 0.2) is 18.2 Å². The van der Waals surface area contributed by atoms with Gasteiger partial charge in [-0.25, -0.2) is 8.78 Å². The van der Waals surface area contributed by atoms with E-state index in [9.17, 15) is 8.78 Å². The fourth-order valence-electron chi connectivity index (χ4n) is 1.52. The maximum absolute atomic E-state index is 13.7. The zero-order valence-electron chi connectivity index (χ0n) is 9.33. The van der Waals surface area contributed by atoms with Crippen molar-refractivity contribution in [2.45, 2.75) is 6.92 Å². The molecule has 86 valence electrons. The number of hydrogen-bond acceptors (Lipinski definition) is 2. The Labute approximate surface area is 96.9 Å². The summed E-state index contributed by atoms with van der Waals surface area (Å²) in [6.07, 6.45) is 0. The molecule has 2 aromatic rings. The van der Waals surface area contributed by atoms with Crippen molar-refractivity contribution in [3.05, 3.63) is 41.1 Å². The Morgan fingerprint density at radius 2 is 1.94 bits per heavy atom. The molecule has 0 unspecified atom stereocenters. The quantitative estimate of drug-likeness (QED) is 0.759. The summed E-state index contributed by atoms with van der Waals surface area (Å²) in [6.45, 7) is 1.81. The molecule has 17 heavy (non-hydrogen) atoms. The molecule has 0 radical (unpaired) electrons. The number of aromatic nitrogens is 2. The first-order valence-corrected chi connectivity index (χ1v) is 4.93. The predicted octanol–water partition coefficient (Wildman–Crippen LogP) is 2.55. The average Bonchev–Trinajstić information content (AvgIpc) is 2.61. The van der Waals surface area contributed by atoms with Crippen LogP contribution in [0.5, 0.6) is 0 Å². The molecule has 0 amide bonds. The van der Waals surface area contributed by atoms with Gasteiger partial charge < -0.3 is 0 Å². The van der Waals surface area contributed by atoms with Gasteiger partial charge in [-0.3, -0.25) is 4.68 Å². The van der Waals surface area contributed by atoms with Crippen LogP contribution in [-0.4, -0.2) is 9.78 Å². The van der Waals surface area contributed by atoms with Crippen molar-refractivity contribution in [3.63, 3.8) is 0 Å². The predicted molar refractivity (Wildman–Crippen MR) is 58.0 cm³/mol. The van der Waals surface area contributed by atoms with Crippen molar-refractivity contribution in [2.75, 3.05) is 0 Å². The summed E-state index contributed by atoms with van der Waals surface area (Å²) < 4.78 is 28.7. The van der Waals surface area contributed by atoms with Gasteiger partial charge >= 0.3 is 0 Å². The summed E-state index contributed by atoms with van der Waals surface area (Å²) in [7, 11) is 1.72. The van der Waals surface area contributed by atoms with Crippen LogP contribution in [0.1, 0.15) is 11.3 Å². The largest absolute Gasteiger partial charge is 0.272 e. The number of rotatable bonds is 1. The second-order valence-corrected chi connectivity index (χ2v) is 3.72. The SMILES string of the molecule is Cc1cc(-c2cc(F)c(C#N)cc2F)nn1C. The molecule has 1 heterocycles. The first-order valence-electron chi connectivity index (χ1n) is 4.93. The standard InChI is InChI=1S/C12H9F2N3/c1-7-3-12(16-17(7)2)9-5-10(13)8(6-15)4-11(9)14/h3-5H,1-2H3. The summed E-state index contributed by atoms with van der Waals surface area (Å²) in [5.41, 5.74) is 0.944. The number of benzene rings is 1. The fraction of sp³-hybridized carbons (Fsp3) is 0.167. The summed E-state index contributed by atoms with van der Waals surface area (Å²) in [6, 6.07) is 5.13. The lowest BCUT2D eigenvalue weighted by Gasteiger charge is -2.01. The van der Waals surface area contributed by atoms with Crippen LogP contribution >= 0.6 is 0 Å². The van der Waals surface area contributed by atoms with E-state index in [1.165, 1.54) is 0 Å². The van der Waals surface area contributed by atoms with Crippen LogP contribution in [0.25, 0.3) is 11.3 Å². The lowest BCUT2D eigenvalue weighted by Crippen LogP contribution is -1.94. The molecule has 0 fully saturated rings. The second-order valence-electron chi connectivity index (χ2n) is 3.72. The van der Waals surface area contributed by atoms with Crippen molar-refractivity contribution >= 4 is 0 Å². The van der Waals surface area contributed by atoms with Gasteiger partial charge in [-0.05, 0) is 25.1 Å². The number of nitrogens with zero attached hydrogens (tertiary/aromatic N) is 3. The van der Waals surface area contributed by atoms with Crippen molar-refractivity contribution in [1.29, 1.82) is 5.26 Å². The summed E-state index contributed by atoms with van der Waals surface area (Å²) in [4.78, 5) is 0. The normalized spacial score (nSPS) is 10.3. The smallest absolute Gasteiger partial charge is 0.141 e. The van der Waals surface area contributed by atoms with Gasteiger partial charge in [0, 0.05) is 18.3 Å². The molecule has 0 N–H and O–H groups in total. The zero-order chi connectivity index (χ0) is 12.6. The lowest BCUT2D eigenvalue weighted by molar-refractivity contribution is 0.599. The molecule has 1 aromatic carbocycles. The van der Waals surface area contributed by atoms with Crippen LogP contribution in [0, 0.1) is 29.9 Å². The monoisotopic (exact) mass is 233 g/mol. The molecule has 0 spiro atoms. The maximum Gasteiger partial charge on any atom is 0.141 e. The van der Waals surface area contributed by atoms with E-state index < -0.39 is 11.6 Å². The van der Waals surface area contributed by atoms with E-state index in [0.29, 0.717) is 5.69 Å². The summed E-state index contributed by atoms with van der Waals surface area (Å²) in [5, 5.41) is 12.6. The van der Waals surface area contributed by atoms with E-state index in [4.69, 9.17) is 5.26 Å². The van der Waals surface area contributed by atoms with E-state index in [-0.39, 0.29) is 11.1 Å². The second kappa shape index (κ2) is 3.98. The number of hydrogen-bond donors (Lipinski definition) is 0. The van der Waals surface area contributed by atoms with Gasteiger partial charge in [-0.15, -0.1) is 0 Å². The minimum absolute atomic E-state index is 0.0604. The van der Waals surface area contributed by atoms with Crippen molar-refractivity contribution in [1.82, 2.24) is 9.78 Å². The molecule has 0 aliphatic carbocycles. The van der Waals surface area contributed by atoms with Crippen molar-refractivity contribution < 1.29 is 8.78 Å². The average molecular weight is 233 g/mol. The van der Waals surface area contributed by atoms with Gasteiger partial charge in [-0.2, -0.15) is 10.4 Å². The highest BCUT2D eigenvalue weighted by Gasteiger charge is 2.14. The van der Waals surface area contributed by atoms with Gasteiger partial charge in [0.25, 0.3) is 0 Å². The molecule has 5 heteroatoms. The first kappa shape index (κ1) is 11.3. The van der Waals surface area contributed by atoms with Gasteiger partial charge in [-0.1, -0.05) is 0 Å². The van der Waals surface area contributed by atoms with Gasteiger partial charge in [0.2, 0.25) is 0 Å². The topological polar surface area (TPSA) is 41.6 Å². The first-order chi connectivity index (χ1) is 8.02. The van der Waals surface area contributed by atoms with Crippen LogP contribution in [0.2, 0.25) is 0 Å². The third-order valence-electron chi connectivity index (χ3n) is 2.57. The zero-order valence-corrected chi connectivity index (χ0v) is 9.33. The number of nitriles is 1. The van der Waals surface area contributed by atoms with Crippen LogP contribution in [-0.2, 0) is 7.05 Å². The number of halogens is 2. The molecule has 0 atom stereocenters. The van der Waals surface area contributed by atoms with E-state index in [0.717, 1.165) is 17.8 Å². The highest BCUT2D eigenvalue weighted by atomic mass is 19.1. The summed E-state index contributed by atoms with van der Waals surface area (Å²) >= 11 is 0. The third kappa shape index (κ3) is 1.89. The Morgan fingerprint density at radius 1 is 1.24 bits per heavy atom. The van der Waals surface area contributed by atoms with E-state index >= 15 is 0 Å². The Balaban J connectivity index is 2.61. The molecule has 0 saturated carbocycles. The van der Waals surface area contributed by atoms with Gasteiger partial charge in [0.05, 0.1) is 11.3 Å². The van der Waals surface area contributed by atoms with E-state index in [2.05, 4.69) is 5.10 Å². The van der Waals surface area contributed by atoms with E-state index in [1.807, 2.05) is 6.92 Å². The molecule has 0 saturated heterocycles. The molecule has 1 aromatic heterocycles. The highest BCUT2D eigenvalue weighted by Crippen LogP contribution is 2.24. The van der Waals surface area contributed by atoms with Crippen molar-refractivity contribution in [2.24, 2.45) is 7.05 Å². The highest BCUT2D eigenvalue weighted by molar-refractivity contribution is 5.61. The van der Waals surface area contributed by atoms with Crippen molar-refractivity contribution in [3.8, 4) is 17.3 Å². The van der Waals surface area contributed by atoms with Crippen LogP contribution in [0.4, 0.5) is 8.78 Å². The number of aryl methyl sites for hydroxylation is 2. The molecular weight excluding hydrogens is 224 g/mol. The molecule has 0 bridgehead atoms. The Kier molecular flexibility index (Phi) is 2.64. The molecule has 0 aliphatic heterocycles. The van der Waals surface area contributed by atoms with Crippen LogP contribution in [0.3, 0.4) is 0 Å². The Bertz CT molecular complexity index is 604. The van der Waals surface area contributed by atoms with Gasteiger partial charge in [0.15, 0.2) is 0 Å². The lowest BCUT2D eigenvalue weighted by atomic mass is 10.1. The molecule has 3 nitrogen and oxygen atoms in total. The summed E-state index contributed by atoms with van der Waals surface area (Å²) in [5.74, 6) is -1.40. The fourth-order valence-corrected chi connectivity index (χ4v) is 1.52. The molecule has 0 aliphatic rings. The minimum atomic E-state index is -0.743. The molecule has 2 rings (SSSR count). The minimum Gasteiger partial charge on any atom is -0.272 e. The molecular formula is C12H9F2N3. The van der Waals surface area contributed by atoms with E-state index in [1.54, 1.807) is 23.9 Å². The Morgan fingerprint density at radius 3 is 2.47 bits per heavy atom. The van der Waals surface area contributed by atoms with Gasteiger partial charge in [0.1, 0.15) is 17.7 Å². The third-order valence-corrected chi connectivity index (χ3v) is 2.57.